The largest absolute Gasteiger partial charge is 0.338 e. The molecule has 2 rings (SSSR count). The zero-order chi connectivity index (χ0) is 7.68. The Balaban J connectivity index is 2.16. The van der Waals surface area contributed by atoms with Gasteiger partial charge in [0.15, 0.2) is 6.33 Å². The highest BCUT2D eigenvalue weighted by atomic mass is 16.5. The van der Waals surface area contributed by atoms with Crippen LogP contribution in [0.2, 0.25) is 0 Å². The molecule has 1 saturated heterocycles. The Morgan fingerprint density at radius 1 is 1.73 bits per heavy atom. The molecule has 1 aliphatic rings. The Kier molecular flexibility index (Phi) is 1.62. The molecule has 1 aliphatic heterocycles. The standard InChI is InChI=1S/C7H11N3O/c1-10-4-2-3-6(10)7-8-5-9-11-7/h5-6H,2-4H2,1H3. The molecule has 0 amide bonds. The molecule has 2 heterocycles. The minimum absolute atomic E-state index is 0.359. The van der Waals surface area contributed by atoms with Crippen LogP contribution in [-0.2, 0) is 0 Å². The van der Waals surface area contributed by atoms with E-state index in [9.17, 15) is 0 Å². The summed E-state index contributed by atoms with van der Waals surface area (Å²) >= 11 is 0. The maximum absolute atomic E-state index is 4.99. The molecule has 0 aromatic carbocycles. The van der Waals surface area contributed by atoms with Gasteiger partial charge in [-0.2, -0.15) is 4.98 Å². The average molecular weight is 153 g/mol. The van der Waals surface area contributed by atoms with Crippen LogP contribution in [0.3, 0.4) is 0 Å². The first kappa shape index (κ1) is 6.79. The molecule has 1 unspecified atom stereocenters. The predicted molar refractivity (Wildman–Crippen MR) is 38.9 cm³/mol. The quantitative estimate of drug-likeness (QED) is 0.599. The van der Waals surface area contributed by atoms with E-state index < -0.39 is 0 Å². The van der Waals surface area contributed by atoms with Crippen molar-refractivity contribution in [1.82, 2.24) is 15.0 Å². The molecule has 60 valence electrons. The monoisotopic (exact) mass is 153 g/mol. The van der Waals surface area contributed by atoms with Gasteiger partial charge in [0.25, 0.3) is 0 Å². The van der Waals surface area contributed by atoms with E-state index in [-0.39, 0.29) is 0 Å². The Morgan fingerprint density at radius 2 is 2.64 bits per heavy atom. The number of nitrogens with zero attached hydrogens (tertiary/aromatic N) is 3. The molecule has 4 heteroatoms. The number of hydrogen-bond acceptors (Lipinski definition) is 4. The minimum Gasteiger partial charge on any atom is -0.338 e. The molecular formula is C7H11N3O. The SMILES string of the molecule is CN1CCCC1c1ncno1. The fraction of sp³-hybridized carbons (Fsp3) is 0.714. The van der Waals surface area contributed by atoms with Crippen molar-refractivity contribution in [3.05, 3.63) is 12.2 Å². The summed E-state index contributed by atoms with van der Waals surface area (Å²) in [6, 6.07) is 0.359. The summed E-state index contributed by atoms with van der Waals surface area (Å²) < 4.78 is 4.99. The van der Waals surface area contributed by atoms with E-state index in [1.807, 2.05) is 0 Å². The molecular weight excluding hydrogens is 142 g/mol. The smallest absolute Gasteiger partial charge is 0.243 e. The van der Waals surface area contributed by atoms with Crippen LogP contribution >= 0.6 is 0 Å². The molecule has 0 bridgehead atoms. The first-order chi connectivity index (χ1) is 5.38. The summed E-state index contributed by atoms with van der Waals surface area (Å²) in [5, 5.41) is 3.59. The van der Waals surface area contributed by atoms with Gasteiger partial charge < -0.3 is 4.52 Å². The van der Waals surface area contributed by atoms with Crippen LogP contribution in [0.15, 0.2) is 10.9 Å². The Hall–Kier alpha value is -0.900. The number of likely N-dealkylation sites (tertiary alicyclic amines) is 1. The van der Waals surface area contributed by atoms with Crippen molar-refractivity contribution in [3.8, 4) is 0 Å². The fourth-order valence-corrected chi connectivity index (χ4v) is 1.55. The van der Waals surface area contributed by atoms with Crippen LogP contribution in [0.1, 0.15) is 24.8 Å². The van der Waals surface area contributed by atoms with Gasteiger partial charge in [0.2, 0.25) is 5.89 Å². The Morgan fingerprint density at radius 3 is 3.18 bits per heavy atom. The lowest BCUT2D eigenvalue weighted by Crippen LogP contribution is -2.17. The highest BCUT2D eigenvalue weighted by Crippen LogP contribution is 2.28. The highest BCUT2D eigenvalue weighted by Gasteiger charge is 2.26. The molecule has 0 N–H and O–H groups in total. The molecule has 0 saturated carbocycles. The zero-order valence-corrected chi connectivity index (χ0v) is 6.53. The zero-order valence-electron chi connectivity index (χ0n) is 6.53. The van der Waals surface area contributed by atoms with Crippen LogP contribution in [0.5, 0.6) is 0 Å². The maximum atomic E-state index is 4.99. The average Bonchev–Trinajstić information content (AvgIpc) is 2.55. The normalized spacial score (nSPS) is 26.1. The third kappa shape index (κ3) is 1.14. The molecule has 1 aromatic rings. The molecule has 1 atom stereocenters. The highest BCUT2D eigenvalue weighted by molar-refractivity contribution is 4.91. The van der Waals surface area contributed by atoms with Crippen molar-refractivity contribution in [1.29, 1.82) is 0 Å². The van der Waals surface area contributed by atoms with E-state index in [0.717, 1.165) is 18.9 Å². The van der Waals surface area contributed by atoms with Crippen molar-refractivity contribution in [2.24, 2.45) is 0 Å². The van der Waals surface area contributed by atoms with E-state index in [0.29, 0.717) is 6.04 Å². The van der Waals surface area contributed by atoms with Crippen molar-refractivity contribution in [2.45, 2.75) is 18.9 Å². The number of aromatic nitrogens is 2. The minimum atomic E-state index is 0.359. The molecule has 0 radical (unpaired) electrons. The van der Waals surface area contributed by atoms with Crippen molar-refractivity contribution in [2.75, 3.05) is 13.6 Å². The van der Waals surface area contributed by atoms with Crippen LogP contribution < -0.4 is 0 Å². The van der Waals surface area contributed by atoms with Crippen LogP contribution in [0.25, 0.3) is 0 Å². The van der Waals surface area contributed by atoms with E-state index in [1.54, 1.807) is 0 Å². The summed E-state index contributed by atoms with van der Waals surface area (Å²) in [5.41, 5.74) is 0. The number of hydrogen-bond donors (Lipinski definition) is 0. The summed E-state index contributed by atoms with van der Waals surface area (Å²) in [6.45, 7) is 1.13. The summed E-state index contributed by atoms with van der Waals surface area (Å²) in [4.78, 5) is 6.27. The second kappa shape index (κ2) is 2.62. The lowest BCUT2D eigenvalue weighted by molar-refractivity contribution is 0.244. The van der Waals surface area contributed by atoms with E-state index in [2.05, 4.69) is 22.1 Å². The molecule has 1 fully saturated rings. The van der Waals surface area contributed by atoms with Gasteiger partial charge in [-0.15, -0.1) is 0 Å². The van der Waals surface area contributed by atoms with Gasteiger partial charge >= 0.3 is 0 Å². The topological polar surface area (TPSA) is 42.2 Å². The Labute approximate surface area is 65.2 Å². The van der Waals surface area contributed by atoms with Crippen molar-refractivity contribution in [3.63, 3.8) is 0 Å². The Bertz CT molecular complexity index is 222. The van der Waals surface area contributed by atoms with Gasteiger partial charge in [0.1, 0.15) is 0 Å². The molecule has 11 heavy (non-hydrogen) atoms. The summed E-state index contributed by atoms with van der Waals surface area (Å²) in [7, 11) is 2.09. The molecule has 0 aliphatic carbocycles. The van der Waals surface area contributed by atoms with Gasteiger partial charge in [-0.25, -0.2) is 0 Å². The first-order valence-corrected chi connectivity index (χ1v) is 3.85. The second-order valence-electron chi connectivity index (χ2n) is 2.92. The van der Waals surface area contributed by atoms with Crippen LogP contribution in [0, 0.1) is 0 Å². The van der Waals surface area contributed by atoms with E-state index in [1.165, 1.54) is 12.7 Å². The van der Waals surface area contributed by atoms with Gasteiger partial charge in [0, 0.05) is 0 Å². The lowest BCUT2D eigenvalue weighted by Gasteiger charge is -2.13. The molecule has 4 nitrogen and oxygen atoms in total. The lowest BCUT2D eigenvalue weighted by atomic mass is 10.2. The van der Waals surface area contributed by atoms with Crippen LogP contribution in [0.4, 0.5) is 0 Å². The van der Waals surface area contributed by atoms with Gasteiger partial charge in [0.05, 0.1) is 6.04 Å². The van der Waals surface area contributed by atoms with Crippen molar-refractivity contribution >= 4 is 0 Å². The van der Waals surface area contributed by atoms with Gasteiger partial charge in [-0.05, 0) is 26.4 Å². The van der Waals surface area contributed by atoms with E-state index in [4.69, 9.17) is 4.52 Å². The third-order valence-electron chi connectivity index (χ3n) is 2.18. The van der Waals surface area contributed by atoms with Crippen molar-refractivity contribution < 1.29 is 4.52 Å². The second-order valence-corrected chi connectivity index (χ2v) is 2.92. The van der Waals surface area contributed by atoms with E-state index >= 15 is 0 Å². The van der Waals surface area contributed by atoms with Gasteiger partial charge in [-0.1, -0.05) is 5.16 Å². The summed E-state index contributed by atoms with van der Waals surface area (Å²) in [5.74, 6) is 0.755. The summed E-state index contributed by atoms with van der Waals surface area (Å²) in [6.07, 6.45) is 3.82. The van der Waals surface area contributed by atoms with Gasteiger partial charge in [-0.3, -0.25) is 4.90 Å². The molecule has 1 aromatic heterocycles. The molecule has 0 spiro atoms. The first-order valence-electron chi connectivity index (χ1n) is 3.85. The number of rotatable bonds is 1. The van der Waals surface area contributed by atoms with Crippen LogP contribution in [-0.4, -0.2) is 28.6 Å². The maximum Gasteiger partial charge on any atom is 0.243 e. The fourth-order valence-electron chi connectivity index (χ4n) is 1.55. The predicted octanol–water partition coefficient (Wildman–Crippen LogP) is 0.836. The third-order valence-corrected chi connectivity index (χ3v) is 2.18.